The number of imidazole rings is 1. The normalized spacial score (nSPS) is 17.8. The number of benzene rings is 2. The zero-order valence-corrected chi connectivity index (χ0v) is 19.7. The number of rotatable bonds is 4. The molecule has 36 heavy (non-hydrogen) atoms. The predicted molar refractivity (Wildman–Crippen MR) is 135 cm³/mol. The van der Waals surface area contributed by atoms with Gasteiger partial charge in [-0.15, -0.1) is 0 Å². The molecule has 4 aromatic rings. The molecule has 0 saturated carbocycles. The number of aromatic nitrogens is 3. The summed E-state index contributed by atoms with van der Waals surface area (Å²) in [7, 11) is 0. The van der Waals surface area contributed by atoms with Crippen LogP contribution in [0.3, 0.4) is 0 Å². The lowest BCUT2D eigenvalue weighted by molar-refractivity contribution is 0.618. The minimum Gasteiger partial charge on any atom is -0.371 e. The van der Waals surface area contributed by atoms with Crippen molar-refractivity contribution in [3.63, 3.8) is 0 Å². The quantitative estimate of drug-likeness (QED) is 0.462. The van der Waals surface area contributed by atoms with Crippen molar-refractivity contribution >= 4 is 22.5 Å². The molecule has 2 aliphatic heterocycles. The van der Waals surface area contributed by atoms with Gasteiger partial charge in [-0.25, -0.2) is 18.7 Å². The van der Waals surface area contributed by atoms with Gasteiger partial charge in [-0.2, -0.15) is 5.26 Å². The monoisotopic (exact) mass is 485 g/mol. The first-order chi connectivity index (χ1) is 17.5. The first-order valence-electron chi connectivity index (χ1n) is 12.2. The Morgan fingerprint density at radius 1 is 0.944 bits per heavy atom. The van der Waals surface area contributed by atoms with Gasteiger partial charge in [0.1, 0.15) is 29.0 Å². The SMILES string of the molecule is N#Cc1ccc(-c2nc3c(N4CCC(N)C4)ccnc3n2-c2ccc(N3CCCC3)cc2F)cc1F. The van der Waals surface area contributed by atoms with E-state index in [1.165, 1.54) is 12.1 Å². The van der Waals surface area contributed by atoms with E-state index in [1.807, 2.05) is 18.2 Å². The zero-order chi connectivity index (χ0) is 24.8. The third kappa shape index (κ3) is 3.74. The van der Waals surface area contributed by atoms with E-state index >= 15 is 4.39 Å². The molecular formula is C27H25F2N7. The van der Waals surface area contributed by atoms with E-state index < -0.39 is 11.6 Å². The summed E-state index contributed by atoms with van der Waals surface area (Å²) in [5.41, 5.74) is 9.55. The van der Waals surface area contributed by atoms with E-state index in [0.717, 1.165) is 50.3 Å². The lowest BCUT2D eigenvalue weighted by Gasteiger charge is -2.19. The molecule has 0 radical (unpaired) electrons. The third-order valence-corrected chi connectivity index (χ3v) is 7.08. The average Bonchev–Trinajstić information content (AvgIpc) is 3.64. The molecular weight excluding hydrogens is 460 g/mol. The van der Waals surface area contributed by atoms with Gasteiger partial charge in [0.2, 0.25) is 0 Å². The van der Waals surface area contributed by atoms with E-state index in [9.17, 15) is 4.39 Å². The molecule has 2 fully saturated rings. The zero-order valence-electron chi connectivity index (χ0n) is 19.7. The largest absolute Gasteiger partial charge is 0.371 e. The number of nitriles is 1. The maximum absolute atomic E-state index is 15.7. The van der Waals surface area contributed by atoms with Crippen LogP contribution in [0.2, 0.25) is 0 Å². The first kappa shape index (κ1) is 22.4. The Morgan fingerprint density at radius 2 is 1.78 bits per heavy atom. The van der Waals surface area contributed by atoms with Crippen LogP contribution in [0.25, 0.3) is 28.2 Å². The Hall–Kier alpha value is -4.03. The first-order valence-corrected chi connectivity index (χ1v) is 12.2. The fourth-order valence-electron chi connectivity index (χ4n) is 5.24. The van der Waals surface area contributed by atoms with Crippen LogP contribution in [0.5, 0.6) is 0 Å². The molecule has 2 saturated heterocycles. The predicted octanol–water partition coefficient (Wildman–Crippen LogP) is 4.37. The number of hydrogen-bond acceptors (Lipinski definition) is 6. The highest BCUT2D eigenvalue weighted by Gasteiger charge is 2.26. The molecule has 6 rings (SSSR count). The number of anilines is 2. The van der Waals surface area contributed by atoms with Crippen molar-refractivity contribution in [2.24, 2.45) is 5.73 Å². The molecule has 4 heterocycles. The lowest BCUT2D eigenvalue weighted by atomic mass is 10.1. The molecule has 2 aliphatic rings. The second kappa shape index (κ2) is 8.88. The van der Waals surface area contributed by atoms with Gasteiger partial charge in [-0.05, 0) is 61.7 Å². The highest BCUT2D eigenvalue weighted by Crippen LogP contribution is 2.35. The Morgan fingerprint density at radius 3 is 2.47 bits per heavy atom. The number of halogens is 2. The summed E-state index contributed by atoms with van der Waals surface area (Å²) in [6.45, 7) is 3.29. The summed E-state index contributed by atoms with van der Waals surface area (Å²) in [5, 5.41) is 9.17. The van der Waals surface area contributed by atoms with Gasteiger partial charge in [-0.1, -0.05) is 0 Å². The van der Waals surface area contributed by atoms with E-state index in [4.69, 9.17) is 16.0 Å². The van der Waals surface area contributed by atoms with Gasteiger partial charge in [0, 0.05) is 49.7 Å². The van der Waals surface area contributed by atoms with Crippen LogP contribution in [0, 0.1) is 23.0 Å². The van der Waals surface area contributed by atoms with Crippen molar-refractivity contribution in [1.82, 2.24) is 14.5 Å². The fraction of sp³-hybridized carbons (Fsp3) is 0.296. The third-order valence-electron chi connectivity index (χ3n) is 7.08. The fourth-order valence-corrected chi connectivity index (χ4v) is 5.24. The summed E-state index contributed by atoms with van der Waals surface area (Å²) in [4.78, 5) is 13.8. The Kier molecular flexibility index (Phi) is 5.53. The van der Waals surface area contributed by atoms with Gasteiger partial charge in [0.05, 0.1) is 16.9 Å². The average molecular weight is 486 g/mol. The van der Waals surface area contributed by atoms with Gasteiger partial charge in [0.15, 0.2) is 5.65 Å². The van der Waals surface area contributed by atoms with Crippen molar-refractivity contribution in [2.45, 2.75) is 25.3 Å². The van der Waals surface area contributed by atoms with Crippen molar-refractivity contribution in [3.8, 4) is 23.1 Å². The molecule has 1 atom stereocenters. The number of pyridine rings is 1. The Labute approximate surface area is 207 Å². The van der Waals surface area contributed by atoms with Gasteiger partial charge in [-0.3, -0.25) is 4.57 Å². The minimum atomic E-state index is -0.655. The molecule has 0 bridgehead atoms. The van der Waals surface area contributed by atoms with Gasteiger partial charge in [0.25, 0.3) is 0 Å². The molecule has 9 heteroatoms. The van der Waals surface area contributed by atoms with E-state index in [1.54, 1.807) is 29.0 Å². The Bertz CT molecular complexity index is 1500. The number of nitrogens with zero attached hydrogens (tertiary/aromatic N) is 6. The van der Waals surface area contributed by atoms with E-state index in [2.05, 4.69) is 14.8 Å². The number of hydrogen-bond donors (Lipinski definition) is 1. The van der Waals surface area contributed by atoms with Crippen LogP contribution in [0.1, 0.15) is 24.8 Å². The van der Waals surface area contributed by atoms with Crippen molar-refractivity contribution in [2.75, 3.05) is 36.0 Å². The van der Waals surface area contributed by atoms with Gasteiger partial charge >= 0.3 is 0 Å². The summed E-state index contributed by atoms with van der Waals surface area (Å²) in [5.74, 6) is -0.716. The van der Waals surface area contributed by atoms with Crippen molar-refractivity contribution in [3.05, 3.63) is 65.9 Å². The van der Waals surface area contributed by atoms with Crippen LogP contribution >= 0.6 is 0 Å². The van der Waals surface area contributed by atoms with Crippen LogP contribution in [-0.2, 0) is 0 Å². The number of fused-ring (bicyclic) bond motifs is 1. The van der Waals surface area contributed by atoms with Crippen LogP contribution < -0.4 is 15.5 Å². The second-order valence-corrected chi connectivity index (χ2v) is 9.40. The van der Waals surface area contributed by atoms with Gasteiger partial charge < -0.3 is 15.5 Å². The minimum absolute atomic E-state index is 0.0626. The Balaban J connectivity index is 1.56. The molecule has 0 spiro atoms. The molecule has 2 aromatic carbocycles. The molecule has 182 valence electrons. The summed E-state index contributed by atoms with van der Waals surface area (Å²) in [6, 6.07) is 13.3. The van der Waals surface area contributed by atoms with Crippen LogP contribution in [0.4, 0.5) is 20.2 Å². The highest BCUT2D eigenvalue weighted by atomic mass is 19.1. The number of nitrogens with two attached hydrogens (primary N) is 1. The summed E-state index contributed by atoms with van der Waals surface area (Å²) < 4.78 is 32.0. The summed E-state index contributed by atoms with van der Waals surface area (Å²) in [6.07, 6.45) is 4.73. The highest BCUT2D eigenvalue weighted by molar-refractivity contribution is 5.91. The van der Waals surface area contributed by atoms with Crippen molar-refractivity contribution < 1.29 is 8.78 Å². The van der Waals surface area contributed by atoms with E-state index in [0.29, 0.717) is 29.1 Å². The second-order valence-electron chi connectivity index (χ2n) is 9.40. The van der Waals surface area contributed by atoms with Crippen molar-refractivity contribution in [1.29, 1.82) is 5.26 Å². The molecule has 0 aliphatic carbocycles. The lowest BCUT2D eigenvalue weighted by Crippen LogP contribution is -2.26. The smallest absolute Gasteiger partial charge is 0.167 e. The standard InChI is InChI=1S/C27H25F2N7/c28-21-13-17(3-4-18(21)15-30)26-33-25-24(35-12-8-19(31)16-35)7-9-32-27(25)36(26)23-6-5-20(14-22(23)29)34-10-1-2-11-34/h3-7,9,13-14,19H,1-2,8,10-12,16,31H2. The maximum atomic E-state index is 15.7. The molecule has 2 aromatic heterocycles. The van der Waals surface area contributed by atoms with E-state index in [-0.39, 0.29) is 17.3 Å². The van der Waals surface area contributed by atoms with Crippen LogP contribution in [0.15, 0.2) is 48.7 Å². The molecule has 2 N–H and O–H groups in total. The maximum Gasteiger partial charge on any atom is 0.167 e. The summed E-state index contributed by atoms with van der Waals surface area (Å²) >= 11 is 0. The topological polar surface area (TPSA) is 87.0 Å². The molecule has 7 nitrogen and oxygen atoms in total. The molecule has 0 amide bonds. The molecule has 1 unspecified atom stereocenters. The van der Waals surface area contributed by atoms with Crippen LogP contribution in [-0.4, -0.2) is 46.8 Å².